The minimum Gasteiger partial charge on any atom is -0.493 e. The van der Waals surface area contributed by atoms with Crippen molar-refractivity contribution >= 4 is 11.5 Å². The lowest BCUT2D eigenvalue weighted by atomic mass is 10.2. The van der Waals surface area contributed by atoms with Gasteiger partial charge < -0.3 is 15.2 Å². The Balaban J connectivity index is 2.26. The van der Waals surface area contributed by atoms with E-state index in [4.69, 9.17) is 15.2 Å². The molecule has 2 aromatic rings. The van der Waals surface area contributed by atoms with Gasteiger partial charge in [0, 0.05) is 18.1 Å². The average molecular weight is 251 g/mol. The molecule has 0 aliphatic heterocycles. The molecule has 5 nitrogen and oxygen atoms in total. The summed E-state index contributed by atoms with van der Waals surface area (Å²) in [7, 11) is 1.59. The van der Waals surface area contributed by atoms with E-state index in [-0.39, 0.29) is 0 Å². The van der Waals surface area contributed by atoms with Crippen LogP contribution in [-0.2, 0) is 6.54 Å². The van der Waals surface area contributed by atoms with Gasteiger partial charge in [0.25, 0.3) is 5.19 Å². The van der Waals surface area contributed by atoms with Crippen LogP contribution in [0.15, 0.2) is 18.2 Å². The molecule has 0 saturated heterocycles. The van der Waals surface area contributed by atoms with Gasteiger partial charge in [0.1, 0.15) is 5.82 Å². The van der Waals surface area contributed by atoms with Crippen LogP contribution in [0.1, 0.15) is 11.4 Å². The lowest BCUT2D eigenvalue weighted by Crippen LogP contribution is -1.98. The fourth-order valence-electron chi connectivity index (χ4n) is 1.34. The first-order valence-corrected chi connectivity index (χ1v) is 5.85. The second-order valence-electron chi connectivity index (χ2n) is 3.40. The SMILES string of the molecule is COc1cc(CN)ccc1Oc1nc(C)ns1. The maximum Gasteiger partial charge on any atom is 0.298 e. The summed E-state index contributed by atoms with van der Waals surface area (Å²) in [6, 6.07) is 5.56. The van der Waals surface area contributed by atoms with Gasteiger partial charge in [-0.2, -0.15) is 9.36 Å². The molecule has 90 valence electrons. The summed E-state index contributed by atoms with van der Waals surface area (Å²) in [5.74, 6) is 1.95. The molecule has 17 heavy (non-hydrogen) atoms. The Morgan fingerprint density at radius 1 is 1.35 bits per heavy atom. The Hall–Kier alpha value is -1.66. The Kier molecular flexibility index (Phi) is 3.55. The molecule has 2 rings (SSSR count). The summed E-state index contributed by atoms with van der Waals surface area (Å²) in [5.41, 5.74) is 6.55. The largest absolute Gasteiger partial charge is 0.493 e. The van der Waals surface area contributed by atoms with Crippen LogP contribution in [0.5, 0.6) is 16.7 Å². The zero-order valence-corrected chi connectivity index (χ0v) is 10.5. The number of hydrogen-bond acceptors (Lipinski definition) is 6. The molecule has 0 unspecified atom stereocenters. The van der Waals surface area contributed by atoms with Crippen molar-refractivity contribution in [3.63, 3.8) is 0 Å². The predicted molar refractivity (Wildman–Crippen MR) is 65.6 cm³/mol. The van der Waals surface area contributed by atoms with Crippen molar-refractivity contribution in [2.24, 2.45) is 5.73 Å². The number of nitrogens with zero attached hydrogens (tertiary/aromatic N) is 2. The topological polar surface area (TPSA) is 70.3 Å². The number of rotatable bonds is 4. The highest BCUT2D eigenvalue weighted by Crippen LogP contribution is 2.32. The summed E-state index contributed by atoms with van der Waals surface area (Å²) in [6.45, 7) is 2.28. The number of aryl methyl sites for hydroxylation is 1. The zero-order valence-electron chi connectivity index (χ0n) is 9.64. The molecule has 2 N–H and O–H groups in total. The minimum absolute atomic E-state index is 0.467. The van der Waals surface area contributed by atoms with Crippen LogP contribution >= 0.6 is 11.5 Å². The van der Waals surface area contributed by atoms with E-state index in [0.29, 0.717) is 29.1 Å². The number of methoxy groups -OCH3 is 1. The number of nitrogens with two attached hydrogens (primary N) is 1. The van der Waals surface area contributed by atoms with Crippen molar-refractivity contribution in [1.82, 2.24) is 9.36 Å². The normalized spacial score (nSPS) is 10.3. The quantitative estimate of drug-likeness (QED) is 0.901. The van der Waals surface area contributed by atoms with Gasteiger partial charge in [0.05, 0.1) is 7.11 Å². The van der Waals surface area contributed by atoms with Gasteiger partial charge >= 0.3 is 0 Å². The Morgan fingerprint density at radius 3 is 2.76 bits per heavy atom. The van der Waals surface area contributed by atoms with Crippen LogP contribution in [0.2, 0.25) is 0 Å². The third-order valence-corrected chi connectivity index (χ3v) is 2.86. The van der Waals surface area contributed by atoms with Crippen LogP contribution < -0.4 is 15.2 Å². The number of hydrogen-bond donors (Lipinski definition) is 1. The summed E-state index contributed by atoms with van der Waals surface area (Å²) in [6.07, 6.45) is 0. The van der Waals surface area contributed by atoms with Gasteiger partial charge in [-0.1, -0.05) is 6.07 Å². The highest BCUT2D eigenvalue weighted by Gasteiger charge is 2.09. The van der Waals surface area contributed by atoms with Gasteiger partial charge in [-0.25, -0.2) is 0 Å². The number of ether oxygens (including phenoxy) is 2. The monoisotopic (exact) mass is 251 g/mol. The van der Waals surface area contributed by atoms with Crippen LogP contribution in [0, 0.1) is 6.92 Å². The van der Waals surface area contributed by atoms with Crippen LogP contribution in [0.3, 0.4) is 0 Å². The second-order valence-corrected chi connectivity index (χ2v) is 4.11. The van der Waals surface area contributed by atoms with Gasteiger partial charge in [-0.05, 0) is 24.6 Å². The smallest absolute Gasteiger partial charge is 0.298 e. The third kappa shape index (κ3) is 2.72. The average Bonchev–Trinajstić information content (AvgIpc) is 2.75. The van der Waals surface area contributed by atoms with E-state index >= 15 is 0 Å². The molecular weight excluding hydrogens is 238 g/mol. The first-order valence-electron chi connectivity index (χ1n) is 5.08. The standard InChI is InChI=1S/C11H13N3O2S/c1-7-13-11(17-14-7)16-9-4-3-8(6-12)5-10(9)15-2/h3-5H,6,12H2,1-2H3. The van der Waals surface area contributed by atoms with E-state index < -0.39 is 0 Å². The molecule has 0 aliphatic rings. The zero-order chi connectivity index (χ0) is 12.3. The van der Waals surface area contributed by atoms with Gasteiger partial charge in [0.2, 0.25) is 0 Å². The lowest BCUT2D eigenvalue weighted by molar-refractivity contribution is 0.377. The molecule has 0 atom stereocenters. The molecular formula is C11H13N3O2S. The van der Waals surface area contributed by atoms with Crippen molar-refractivity contribution < 1.29 is 9.47 Å². The van der Waals surface area contributed by atoms with E-state index in [1.165, 1.54) is 11.5 Å². The van der Waals surface area contributed by atoms with Crippen molar-refractivity contribution in [1.29, 1.82) is 0 Å². The molecule has 0 spiro atoms. The van der Waals surface area contributed by atoms with Gasteiger partial charge in [0.15, 0.2) is 11.5 Å². The Bertz CT molecular complexity index is 513. The second kappa shape index (κ2) is 5.11. The van der Waals surface area contributed by atoms with Crippen LogP contribution in [-0.4, -0.2) is 16.5 Å². The highest BCUT2D eigenvalue weighted by molar-refractivity contribution is 7.07. The first kappa shape index (κ1) is 11.8. The molecule has 0 aliphatic carbocycles. The fourth-order valence-corrected chi connectivity index (χ4v) is 1.89. The molecule has 0 saturated carbocycles. The molecule has 0 bridgehead atoms. The molecule has 0 amide bonds. The molecule has 0 radical (unpaired) electrons. The summed E-state index contributed by atoms with van der Waals surface area (Å²) in [5, 5.41) is 0.501. The number of aromatic nitrogens is 2. The fraction of sp³-hybridized carbons (Fsp3) is 0.273. The van der Waals surface area contributed by atoms with Gasteiger partial charge in [-0.3, -0.25) is 0 Å². The molecule has 1 aromatic carbocycles. The predicted octanol–water partition coefficient (Wildman–Crippen LogP) is 2.11. The van der Waals surface area contributed by atoms with Crippen LogP contribution in [0.25, 0.3) is 0 Å². The molecule has 6 heteroatoms. The molecule has 0 fully saturated rings. The van der Waals surface area contributed by atoms with E-state index in [1.807, 2.05) is 25.1 Å². The Morgan fingerprint density at radius 2 is 2.18 bits per heavy atom. The van der Waals surface area contributed by atoms with E-state index in [9.17, 15) is 0 Å². The third-order valence-electron chi connectivity index (χ3n) is 2.17. The lowest BCUT2D eigenvalue weighted by Gasteiger charge is -2.08. The van der Waals surface area contributed by atoms with E-state index in [0.717, 1.165) is 5.56 Å². The van der Waals surface area contributed by atoms with Crippen molar-refractivity contribution in [3.05, 3.63) is 29.6 Å². The maximum atomic E-state index is 5.60. The van der Waals surface area contributed by atoms with Crippen molar-refractivity contribution in [2.45, 2.75) is 13.5 Å². The van der Waals surface area contributed by atoms with Crippen LogP contribution in [0.4, 0.5) is 0 Å². The molecule has 1 aromatic heterocycles. The molecule has 1 heterocycles. The van der Waals surface area contributed by atoms with E-state index in [2.05, 4.69) is 9.36 Å². The van der Waals surface area contributed by atoms with Crippen molar-refractivity contribution in [3.8, 4) is 16.7 Å². The summed E-state index contributed by atoms with van der Waals surface area (Å²) in [4.78, 5) is 4.13. The van der Waals surface area contributed by atoms with Crippen molar-refractivity contribution in [2.75, 3.05) is 7.11 Å². The highest BCUT2D eigenvalue weighted by atomic mass is 32.1. The summed E-state index contributed by atoms with van der Waals surface area (Å²) < 4.78 is 14.9. The first-order chi connectivity index (χ1) is 8.22. The maximum absolute atomic E-state index is 5.60. The van der Waals surface area contributed by atoms with E-state index in [1.54, 1.807) is 7.11 Å². The van der Waals surface area contributed by atoms with Gasteiger partial charge in [-0.15, -0.1) is 0 Å². The minimum atomic E-state index is 0.467. The Labute approximate surface area is 103 Å². The summed E-state index contributed by atoms with van der Waals surface area (Å²) >= 11 is 1.21. The number of benzene rings is 1.